The molecule has 0 spiro atoms. The van der Waals surface area contributed by atoms with Gasteiger partial charge in [-0.1, -0.05) is 0 Å². The van der Waals surface area contributed by atoms with Gasteiger partial charge in [0.1, 0.15) is 17.4 Å². The lowest BCUT2D eigenvalue weighted by Crippen LogP contribution is -2.01. The SMILES string of the molecule is C/C(=N\Nc1ccc(F)cc1F)c1ccc(F)cc1O. The first-order valence-corrected chi connectivity index (χ1v) is 5.71. The van der Waals surface area contributed by atoms with Crippen LogP contribution in [0.3, 0.4) is 0 Å². The van der Waals surface area contributed by atoms with Gasteiger partial charge in [-0.2, -0.15) is 5.10 Å². The van der Waals surface area contributed by atoms with E-state index in [9.17, 15) is 18.3 Å². The molecule has 3 nitrogen and oxygen atoms in total. The van der Waals surface area contributed by atoms with Crippen LogP contribution in [-0.4, -0.2) is 10.8 Å². The molecule has 20 heavy (non-hydrogen) atoms. The molecule has 0 heterocycles. The fourth-order valence-corrected chi connectivity index (χ4v) is 1.60. The maximum absolute atomic E-state index is 13.4. The molecule has 0 aliphatic carbocycles. The Hall–Kier alpha value is -2.50. The Morgan fingerprint density at radius 3 is 2.35 bits per heavy atom. The van der Waals surface area contributed by atoms with E-state index >= 15 is 0 Å². The normalized spacial score (nSPS) is 11.5. The summed E-state index contributed by atoms with van der Waals surface area (Å²) in [5.74, 6) is -2.32. The fourth-order valence-electron chi connectivity index (χ4n) is 1.60. The minimum atomic E-state index is -0.787. The third-order valence-corrected chi connectivity index (χ3v) is 2.62. The highest BCUT2D eigenvalue weighted by molar-refractivity contribution is 6.01. The molecule has 0 saturated heterocycles. The Balaban J connectivity index is 2.22. The Bertz CT molecular complexity index is 671. The molecule has 0 atom stereocenters. The second kappa shape index (κ2) is 5.64. The minimum absolute atomic E-state index is 0.00708. The lowest BCUT2D eigenvalue weighted by Gasteiger charge is -2.06. The molecule has 0 aromatic heterocycles. The third-order valence-electron chi connectivity index (χ3n) is 2.62. The van der Waals surface area contributed by atoms with E-state index in [2.05, 4.69) is 10.5 Å². The van der Waals surface area contributed by atoms with Crippen LogP contribution >= 0.6 is 0 Å². The number of benzene rings is 2. The van der Waals surface area contributed by atoms with E-state index in [0.29, 0.717) is 11.3 Å². The van der Waals surface area contributed by atoms with Crippen LogP contribution in [0, 0.1) is 17.5 Å². The van der Waals surface area contributed by atoms with Crippen LogP contribution in [0.2, 0.25) is 0 Å². The first kappa shape index (κ1) is 13.9. The lowest BCUT2D eigenvalue weighted by molar-refractivity contribution is 0.468. The summed E-state index contributed by atoms with van der Waals surface area (Å²) in [6, 6.07) is 6.49. The summed E-state index contributed by atoms with van der Waals surface area (Å²) in [6.07, 6.45) is 0. The van der Waals surface area contributed by atoms with E-state index < -0.39 is 17.5 Å². The number of halogens is 3. The van der Waals surface area contributed by atoms with Crippen molar-refractivity contribution in [2.75, 3.05) is 5.43 Å². The van der Waals surface area contributed by atoms with E-state index in [0.717, 1.165) is 18.2 Å². The maximum atomic E-state index is 13.4. The number of phenols is 1. The lowest BCUT2D eigenvalue weighted by atomic mass is 10.1. The van der Waals surface area contributed by atoms with Gasteiger partial charge >= 0.3 is 0 Å². The first-order chi connectivity index (χ1) is 9.47. The van der Waals surface area contributed by atoms with Crippen molar-refractivity contribution in [2.45, 2.75) is 6.92 Å². The van der Waals surface area contributed by atoms with Gasteiger partial charge in [-0.05, 0) is 31.2 Å². The molecule has 104 valence electrons. The van der Waals surface area contributed by atoms with Crippen molar-refractivity contribution in [1.82, 2.24) is 0 Å². The number of hydrazone groups is 1. The smallest absolute Gasteiger partial charge is 0.151 e. The van der Waals surface area contributed by atoms with Gasteiger partial charge in [0.05, 0.1) is 11.4 Å². The van der Waals surface area contributed by atoms with Crippen molar-refractivity contribution in [3.05, 3.63) is 59.4 Å². The van der Waals surface area contributed by atoms with Crippen molar-refractivity contribution < 1.29 is 18.3 Å². The Morgan fingerprint density at radius 1 is 1.05 bits per heavy atom. The molecule has 0 saturated carbocycles. The number of phenolic OH excluding ortho intramolecular Hbond substituents is 1. The van der Waals surface area contributed by atoms with Gasteiger partial charge in [0.15, 0.2) is 5.82 Å². The number of hydrogen-bond acceptors (Lipinski definition) is 3. The summed E-state index contributed by atoms with van der Waals surface area (Å²) >= 11 is 0. The third kappa shape index (κ3) is 3.09. The zero-order valence-electron chi connectivity index (χ0n) is 10.5. The predicted molar refractivity (Wildman–Crippen MR) is 70.3 cm³/mol. The molecule has 0 amide bonds. The molecule has 0 radical (unpaired) electrons. The monoisotopic (exact) mass is 280 g/mol. The van der Waals surface area contributed by atoms with E-state index in [1.54, 1.807) is 6.92 Å². The van der Waals surface area contributed by atoms with E-state index in [1.165, 1.54) is 18.2 Å². The van der Waals surface area contributed by atoms with Gasteiger partial charge in [-0.3, -0.25) is 5.43 Å². The Kier molecular flexibility index (Phi) is 3.93. The highest BCUT2D eigenvalue weighted by Gasteiger charge is 2.07. The van der Waals surface area contributed by atoms with Crippen LogP contribution in [0.15, 0.2) is 41.5 Å². The van der Waals surface area contributed by atoms with Crippen molar-refractivity contribution in [2.24, 2.45) is 5.10 Å². The van der Waals surface area contributed by atoms with Crippen LogP contribution in [0.4, 0.5) is 18.9 Å². The van der Waals surface area contributed by atoms with Crippen LogP contribution in [0.5, 0.6) is 5.75 Å². The number of anilines is 1. The molecule has 0 fully saturated rings. The zero-order chi connectivity index (χ0) is 14.7. The van der Waals surface area contributed by atoms with Crippen molar-refractivity contribution in [1.29, 1.82) is 0 Å². The van der Waals surface area contributed by atoms with Gasteiger partial charge < -0.3 is 5.11 Å². The van der Waals surface area contributed by atoms with Crippen molar-refractivity contribution in [3.63, 3.8) is 0 Å². The highest BCUT2D eigenvalue weighted by atomic mass is 19.1. The van der Waals surface area contributed by atoms with E-state index in [-0.39, 0.29) is 11.4 Å². The van der Waals surface area contributed by atoms with E-state index in [1.807, 2.05) is 0 Å². The summed E-state index contributed by atoms with van der Waals surface area (Å²) < 4.78 is 38.9. The average Bonchev–Trinajstić information content (AvgIpc) is 2.37. The summed E-state index contributed by atoms with van der Waals surface area (Å²) in [6.45, 7) is 1.56. The van der Waals surface area contributed by atoms with E-state index in [4.69, 9.17) is 0 Å². The number of hydrogen-bond donors (Lipinski definition) is 2. The Labute approximate surface area is 113 Å². The number of rotatable bonds is 3. The second-order valence-corrected chi connectivity index (χ2v) is 4.09. The summed E-state index contributed by atoms with van der Waals surface area (Å²) in [5.41, 5.74) is 3.05. The van der Waals surface area contributed by atoms with Gasteiger partial charge in [0.2, 0.25) is 0 Å². The van der Waals surface area contributed by atoms with Crippen molar-refractivity contribution >= 4 is 11.4 Å². The molecule has 0 bridgehead atoms. The highest BCUT2D eigenvalue weighted by Crippen LogP contribution is 2.20. The second-order valence-electron chi connectivity index (χ2n) is 4.09. The van der Waals surface area contributed by atoms with Crippen LogP contribution in [-0.2, 0) is 0 Å². The molecule has 0 aliphatic heterocycles. The number of nitrogens with zero attached hydrogens (tertiary/aromatic N) is 1. The topological polar surface area (TPSA) is 44.6 Å². The van der Waals surface area contributed by atoms with Crippen LogP contribution in [0.1, 0.15) is 12.5 Å². The zero-order valence-corrected chi connectivity index (χ0v) is 10.5. The molecular weight excluding hydrogens is 269 g/mol. The molecule has 2 aromatic rings. The Morgan fingerprint density at radius 2 is 1.70 bits per heavy atom. The van der Waals surface area contributed by atoms with Crippen LogP contribution < -0.4 is 5.43 Å². The first-order valence-electron chi connectivity index (χ1n) is 5.71. The summed E-state index contributed by atoms with van der Waals surface area (Å²) in [7, 11) is 0. The maximum Gasteiger partial charge on any atom is 0.151 e. The molecule has 2 rings (SSSR count). The molecule has 0 unspecified atom stereocenters. The van der Waals surface area contributed by atoms with Crippen molar-refractivity contribution in [3.8, 4) is 5.75 Å². The predicted octanol–water partition coefficient (Wildman–Crippen LogP) is 3.65. The van der Waals surface area contributed by atoms with Gasteiger partial charge in [-0.15, -0.1) is 0 Å². The van der Waals surface area contributed by atoms with Gasteiger partial charge in [-0.25, -0.2) is 13.2 Å². The number of aromatic hydroxyl groups is 1. The molecule has 2 aromatic carbocycles. The fraction of sp³-hybridized carbons (Fsp3) is 0.0714. The number of nitrogens with one attached hydrogen (secondary N) is 1. The molecule has 2 N–H and O–H groups in total. The van der Waals surface area contributed by atoms with Gasteiger partial charge in [0.25, 0.3) is 0 Å². The minimum Gasteiger partial charge on any atom is -0.507 e. The molecular formula is C14H11F3N2O. The molecule has 6 heteroatoms. The standard InChI is InChI=1S/C14H11F3N2O/c1-8(11-4-2-10(16)7-14(11)20)18-19-13-5-3-9(15)6-12(13)17/h2-7,19-20H,1H3/b18-8+. The quantitative estimate of drug-likeness (QED) is 0.666. The van der Waals surface area contributed by atoms with Crippen LogP contribution in [0.25, 0.3) is 0 Å². The van der Waals surface area contributed by atoms with Gasteiger partial charge in [0, 0.05) is 17.7 Å². The summed E-state index contributed by atoms with van der Waals surface area (Å²) in [5, 5.41) is 13.4. The summed E-state index contributed by atoms with van der Waals surface area (Å²) in [4.78, 5) is 0. The molecule has 0 aliphatic rings. The largest absolute Gasteiger partial charge is 0.507 e. The average molecular weight is 280 g/mol.